The van der Waals surface area contributed by atoms with Gasteiger partial charge < -0.3 is 4.90 Å². The SMILES string of the molecule is CC1CCCCN1C(=S)C#N. The molecule has 0 amide bonds. The topological polar surface area (TPSA) is 27.0 Å². The average Bonchev–Trinajstić information content (AvgIpc) is 2.04. The summed E-state index contributed by atoms with van der Waals surface area (Å²) >= 11 is 4.92. The molecule has 1 aliphatic rings. The first kappa shape index (κ1) is 8.48. The van der Waals surface area contributed by atoms with E-state index in [4.69, 9.17) is 17.5 Å². The summed E-state index contributed by atoms with van der Waals surface area (Å²) < 4.78 is 0. The Kier molecular flexibility index (Phi) is 2.84. The molecule has 1 rings (SSSR count). The maximum atomic E-state index is 8.57. The summed E-state index contributed by atoms with van der Waals surface area (Å²) in [7, 11) is 0. The third-order valence-electron chi connectivity index (χ3n) is 2.16. The van der Waals surface area contributed by atoms with Crippen LogP contribution < -0.4 is 0 Å². The Morgan fingerprint density at radius 2 is 2.36 bits per heavy atom. The van der Waals surface area contributed by atoms with Gasteiger partial charge in [-0.15, -0.1) is 0 Å². The molecule has 0 radical (unpaired) electrons. The average molecular weight is 168 g/mol. The molecule has 2 nitrogen and oxygen atoms in total. The van der Waals surface area contributed by atoms with Crippen LogP contribution >= 0.6 is 12.2 Å². The lowest BCUT2D eigenvalue weighted by molar-refractivity contribution is 0.264. The van der Waals surface area contributed by atoms with E-state index in [0.717, 1.165) is 6.54 Å². The molecule has 0 spiro atoms. The van der Waals surface area contributed by atoms with Gasteiger partial charge in [0.25, 0.3) is 0 Å². The van der Waals surface area contributed by atoms with Gasteiger partial charge in [-0.1, -0.05) is 0 Å². The van der Waals surface area contributed by atoms with Crippen molar-refractivity contribution in [2.45, 2.75) is 32.2 Å². The van der Waals surface area contributed by atoms with Gasteiger partial charge in [-0.05, 0) is 38.4 Å². The van der Waals surface area contributed by atoms with E-state index in [1.54, 1.807) is 0 Å². The minimum absolute atomic E-state index is 0.456. The number of nitriles is 1. The monoisotopic (exact) mass is 168 g/mol. The summed E-state index contributed by atoms with van der Waals surface area (Å²) in [5, 5.41) is 8.57. The van der Waals surface area contributed by atoms with Crippen LogP contribution in [0.5, 0.6) is 0 Å². The van der Waals surface area contributed by atoms with Crippen molar-refractivity contribution in [2.24, 2.45) is 0 Å². The summed E-state index contributed by atoms with van der Waals surface area (Å²) in [6, 6.07) is 2.49. The highest BCUT2D eigenvalue weighted by Gasteiger charge is 2.19. The van der Waals surface area contributed by atoms with E-state index in [9.17, 15) is 0 Å². The highest BCUT2D eigenvalue weighted by atomic mass is 32.1. The number of piperidine rings is 1. The molecule has 1 saturated heterocycles. The predicted octanol–water partition coefficient (Wildman–Crippen LogP) is 1.71. The molecule has 1 atom stereocenters. The second kappa shape index (κ2) is 3.68. The zero-order valence-electron chi connectivity index (χ0n) is 6.71. The molecule has 0 saturated carbocycles. The molecular weight excluding hydrogens is 156 g/mol. The normalized spacial score (nSPS) is 24.4. The van der Waals surface area contributed by atoms with Gasteiger partial charge in [-0.3, -0.25) is 0 Å². The van der Waals surface area contributed by atoms with E-state index in [0.29, 0.717) is 11.0 Å². The largest absolute Gasteiger partial charge is 0.351 e. The number of nitrogens with zero attached hydrogens (tertiary/aromatic N) is 2. The molecule has 0 aromatic rings. The third-order valence-corrected chi connectivity index (χ3v) is 2.49. The van der Waals surface area contributed by atoms with Crippen molar-refractivity contribution in [1.82, 2.24) is 4.90 Å². The van der Waals surface area contributed by atoms with Crippen LogP contribution in [0.4, 0.5) is 0 Å². The summed E-state index contributed by atoms with van der Waals surface area (Å²) in [6.45, 7) is 3.09. The van der Waals surface area contributed by atoms with Gasteiger partial charge in [0.1, 0.15) is 6.07 Å². The minimum Gasteiger partial charge on any atom is -0.351 e. The molecule has 1 fully saturated rings. The summed E-state index contributed by atoms with van der Waals surface area (Å²) in [5.41, 5.74) is 0. The fraction of sp³-hybridized carbons (Fsp3) is 0.750. The van der Waals surface area contributed by atoms with E-state index in [-0.39, 0.29) is 0 Å². The molecule has 0 aliphatic carbocycles. The van der Waals surface area contributed by atoms with Gasteiger partial charge in [-0.2, -0.15) is 5.26 Å². The van der Waals surface area contributed by atoms with Crippen molar-refractivity contribution >= 4 is 17.2 Å². The van der Waals surface area contributed by atoms with E-state index >= 15 is 0 Å². The Labute approximate surface area is 72.8 Å². The molecule has 0 aromatic carbocycles. The lowest BCUT2D eigenvalue weighted by Gasteiger charge is -2.32. The van der Waals surface area contributed by atoms with Crippen molar-refractivity contribution in [3.8, 4) is 6.07 Å². The molecule has 3 heteroatoms. The summed E-state index contributed by atoms with van der Waals surface area (Å²) in [5.74, 6) is 0. The van der Waals surface area contributed by atoms with Gasteiger partial charge in [0.2, 0.25) is 0 Å². The Hall–Kier alpha value is -0.620. The number of hydrogen-bond donors (Lipinski definition) is 0. The Morgan fingerprint density at radius 1 is 1.64 bits per heavy atom. The zero-order chi connectivity index (χ0) is 8.27. The number of hydrogen-bond acceptors (Lipinski definition) is 2. The first-order chi connectivity index (χ1) is 5.25. The van der Waals surface area contributed by atoms with Gasteiger partial charge in [0, 0.05) is 12.6 Å². The first-order valence-electron chi connectivity index (χ1n) is 3.96. The fourth-order valence-corrected chi connectivity index (χ4v) is 1.74. The lowest BCUT2D eigenvalue weighted by atomic mass is 10.0. The van der Waals surface area contributed by atoms with Crippen molar-refractivity contribution < 1.29 is 0 Å². The van der Waals surface area contributed by atoms with Crippen LogP contribution in [-0.2, 0) is 0 Å². The maximum absolute atomic E-state index is 8.57. The zero-order valence-corrected chi connectivity index (χ0v) is 7.52. The van der Waals surface area contributed by atoms with Crippen LogP contribution in [0.15, 0.2) is 0 Å². The predicted molar refractivity (Wildman–Crippen MR) is 48.2 cm³/mol. The molecule has 1 aliphatic heterocycles. The van der Waals surface area contributed by atoms with Gasteiger partial charge >= 0.3 is 0 Å². The molecule has 0 N–H and O–H groups in total. The molecule has 1 unspecified atom stereocenters. The molecule has 11 heavy (non-hydrogen) atoms. The van der Waals surface area contributed by atoms with Crippen molar-refractivity contribution in [3.05, 3.63) is 0 Å². The number of rotatable bonds is 0. The summed E-state index contributed by atoms with van der Waals surface area (Å²) in [6.07, 6.45) is 3.61. The highest BCUT2D eigenvalue weighted by molar-refractivity contribution is 7.80. The second-order valence-corrected chi connectivity index (χ2v) is 3.34. The molecule has 0 bridgehead atoms. The first-order valence-corrected chi connectivity index (χ1v) is 4.37. The molecule has 1 heterocycles. The van der Waals surface area contributed by atoms with Crippen LogP contribution in [0, 0.1) is 11.3 Å². The van der Waals surface area contributed by atoms with E-state index in [2.05, 4.69) is 6.92 Å². The Morgan fingerprint density at radius 3 is 2.91 bits per heavy atom. The second-order valence-electron chi connectivity index (χ2n) is 2.96. The standard InChI is InChI=1S/C8H12N2S/c1-7-4-2-3-5-10(7)8(11)6-9/h7H,2-5H2,1H3. The quantitative estimate of drug-likeness (QED) is 0.515. The highest BCUT2D eigenvalue weighted by Crippen LogP contribution is 2.16. The van der Waals surface area contributed by atoms with Crippen LogP contribution in [0.1, 0.15) is 26.2 Å². The Balaban J connectivity index is 2.56. The van der Waals surface area contributed by atoms with Crippen LogP contribution in [0.3, 0.4) is 0 Å². The van der Waals surface area contributed by atoms with Crippen molar-refractivity contribution in [2.75, 3.05) is 6.54 Å². The van der Waals surface area contributed by atoms with E-state index < -0.39 is 0 Å². The van der Waals surface area contributed by atoms with Gasteiger partial charge in [0.15, 0.2) is 4.99 Å². The lowest BCUT2D eigenvalue weighted by Crippen LogP contribution is -2.40. The van der Waals surface area contributed by atoms with Crippen molar-refractivity contribution in [1.29, 1.82) is 5.26 Å². The van der Waals surface area contributed by atoms with Crippen LogP contribution in [0.25, 0.3) is 0 Å². The molecular formula is C8H12N2S. The van der Waals surface area contributed by atoms with E-state index in [1.165, 1.54) is 19.3 Å². The van der Waals surface area contributed by atoms with E-state index in [1.807, 2.05) is 11.0 Å². The maximum Gasteiger partial charge on any atom is 0.181 e. The fourth-order valence-electron chi connectivity index (χ4n) is 1.46. The Bertz CT molecular complexity index is 195. The van der Waals surface area contributed by atoms with Gasteiger partial charge in [-0.25, -0.2) is 0 Å². The van der Waals surface area contributed by atoms with Crippen LogP contribution in [-0.4, -0.2) is 22.5 Å². The minimum atomic E-state index is 0.456. The smallest absolute Gasteiger partial charge is 0.181 e. The summed E-state index contributed by atoms with van der Waals surface area (Å²) in [4.78, 5) is 2.48. The molecule has 60 valence electrons. The third kappa shape index (κ3) is 1.90. The van der Waals surface area contributed by atoms with Crippen molar-refractivity contribution in [3.63, 3.8) is 0 Å². The number of thiocarbonyl (C=S) groups is 1. The van der Waals surface area contributed by atoms with Crippen LogP contribution in [0.2, 0.25) is 0 Å². The number of likely N-dealkylation sites (tertiary alicyclic amines) is 1. The van der Waals surface area contributed by atoms with Gasteiger partial charge in [0.05, 0.1) is 0 Å². The molecule has 0 aromatic heterocycles.